The monoisotopic (exact) mass is 698 g/mol. The second-order valence-electron chi connectivity index (χ2n) is 13.3. The number of unbranched alkanes of at least 4 members (excludes halogenated alkanes) is 1. The van der Waals surface area contributed by atoms with E-state index in [-0.39, 0.29) is 27.5 Å². The van der Waals surface area contributed by atoms with Crippen molar-refractivity contribution >= 4 is 45.4 Å². The molecule has 0 saturated carbocycles. The van der Waals surface area contributed by atoms with E-state index in [9.17, 15) is 19.2 Å². The highest BCUT2D eigenvalue weighted by Gasteiger charge is 2.27. The summed E-state index contributed by atoms with van der Waals surface area (Å²) in [6.07, 6.45) is 4.39. The number of esters is 1. The fourth-order valence-corrected chi connectivity index (χ4v) is 5.95. The lowest BCUT2D eigenvalue weighted by Gasteiger charge is -2.22. The van der Waals surface area contributed by atoms with E-state index in [0.29, 0.717) is 30.9 Å². The third-order valence-electron chi connectivity index (χ3n) is 8.31. The minimum atomic E-state index is -0.995. The number of carbonyl (C=O) groups excluding carboxylic acids is 4. The van der Waals surface area contributed by atoms with Gasteiger partial charge in [-0.05, 0) is 80.1 Å². The maximum absolute atomic E-state index is 13.6. The van der Waals surface area contributed by atoms with Crippen LogP contribution in [0.1, 0.15) is 47.9 Å². The number of alkyl carbamates (subject to hydrolysis) is 1. The van der Waals surface area contributed by atoms with Gasteiger partial charge < -0.3 is 34.9 Å². The van der Waals surface area contributed by atoms with Crippen molar-refractivity contribution in [2.24, 2.45) is 0 Å². The van der Waals surface area contributed by atoms with Crippen molar-refractivity contribution in [3.05, 3.63) is 84.9 Å². The Kier molecular flexibility index (Phi) is 12.2. The predicted molar refractivity (Wildman–Crippen MR) is 198 cm³/mol. The fraction of sp³-hybridized carbons (Fsp3) is 0.350. The molecule has 4 aromatic rings. The molecule has 0 unspecified atom stereocenters. The highest BCUT2D eigenvalue weighted by Crippen LogP contribution is 2.45. The fourth-order valence-electron chi connectivity index (χ4n) is 5.95. The van der Waals surface area contributed by atoms with Gasteiger partial charge in [-0.1, -0.05) is 72.8 Å². The van der Waals surface area contributed by atoms with Crippen molar-refractivity contribution in [2.75, 3.05) is 26.9 Å². The Balaban J connectivity index is 0.00000605. The topological polar surface area (TPSA) is 141 Å². The zero-order valence-electron chi connectivity index (χ0n) is 29.5. The van der Waals surface area contributed by atoms with Crippen LogP contribution in [0.15, 0.2) is 84.9 Å². The van der Waals surface area contributed by atoms with Crippen LogP contribution >= 0.6 is 0 Å². The van der Waals surface area contributed by atoms with E-state index < -0.39 is 41.6 Å². The lowest BCUT2D eigenvalue weighted by atomic mass is 9.92. The number of carbonyl (C=O) groups is 4. The van der Waals surface area contributed by atoms with Crippen LogP contribution < -0.4 is 25.4 Å². The highest BCUT2D eigenvalue weighted by molar-refractivity contribution is 6.09. The average molecular weight is 699 g/mol. The Bertz CT molecular complexity index is 1920. The summed E-state index contributed by atoms with van der Waals surface area (Å²) >= 11 is 0. The normalized spacial score (nSPS) is 17.7. The molecule has 3 amide bonds. The Hall–Kier alpha value is -5.58. The number of rotatable bonds is 6. The summed E-state index contributed by atoms with van der Waals surface area (Å²) in [6.45, 7) is 5.47. The van der Waals surface area contributed by atoms with E-state index in [0.717, 1.165) is 32.7 Å². The zero-order valence-corrected chi connectivity index (χ0v) is 29.5. The number of ether oxygens (including phenoxy) is 4. The average Bonchev–Trinajstić information content (AvgIpc) is 3.11. The van der Waals surface area contributed by atoms with E-state index in [4.69, 9.17) is 18.9 Å². The molecule has 0 radical (unpaired) electrons. The third kappa shape index (κ3) is 9.78. The Morgan fingerprint density at radius 2 is 1.47 bits per heavy atom. The predicted octanol–water partition coefficient (Wildman–Crippen LogP) is 6.46. The van der Waals surface area contributed by atoms with Crippen LogP contribution in [0.5, 0.6) is 11.5 Å². The van der Waals surface area contributed by atoms with Gasteiger partial charge in [0.15, 0.2) is 6.61 Å². The van der Waals surface area contributed by atoms with E-state index in [1.807, 2.05) is 72.8 Å². The number of amides is 3. The molecular formula is C40H47N3O8. The van der Waals surface area contributed by atoms with Gasteiger partial charge >= 0.3 is 12.1 Å². The summed E-state index contributed by atoms with van der Waals surface area (Å²) in [5.41, 5.74) is 0.972. The zero-order chi connectivity index (χ0) is 36.4. The van der Waals surface area contributed by atoms with Crippen molar-refractivity contribution in [1.29, 1.82) is 0 Å². The number of nitrogens with one attached hydrogen (secondary N) is 3. The second kappa shape index (κ2) is 16.9. The second-order valence-corrected chi connectivity index (χ2v) is 13.3. The van der Waals surface area contributed by atoms with E-state index >= 15 is 0 Å². The Labute approximate surface area is 299 Å². The molecule has 4 aromatic carbocycles. The summed E-state index contributed by atoms with van der Waals surface area (Å²) < 4.78 is 22.9. The highest BCUT2D eigenvalue weighted by atomic mass is 16.6. The minimum absolute atomic E-state index is 0. The summed E-state index contributed by atoms with van der Waals surface area (Å²) in [6, 6.07) is 21.7. The van der Waals surface area contributed by atoms with E-state index in [1.165, 1.54) is 7.11 Å². The molecule has 0 aliphatic carbocycles. The van der Waals surface area contributed by atoms with Crippen molar-refractivity contribution in [2.45, 2.75) is 64.1 Å². The molecule has 270 valence electrons. The molecule has 11 heteroatoms. The summed E-state index contributed by atoms with van der Waals surface area (Å²) in [4.78, 5) is 51.8. The molecule has 0 saturated heterocycles. The van der Waals surface area contributed by atoms with Gasteiger partial charge in [0, 0.05) is 19.1 Å². The van der Waals surface area contributed by atoms with Crippen molar-refractivity contribution < 1.29 is 39.6 Å². The molecule has 5 rings (SSSR count). The number of hydrogen-bond acceptors (Lipinski definition) is 8. The lowest BCUT2D eigenvalue weighted by molar-refractivity contribution is -0.145. The van der Waals surface area contributed by atoms with Crippen LogP contribution in [0.2, 0.25) is 0 Å². The van der Waals surface area contributed by atoms with Crippen molar-refractivity contribution in [1.82, 2.24) is 16.0 Å². The van der Waals surface area contributed by atoms with E-state index in [2.05, 4.69) is 16.0 Å². The van der Waals surface area contributed by atoms with Gasteiger partial charge in [-0.15, -0.1) is 0 Å². The summed E-state index contributed by atoms with van der Waals surface area (Å²) in [5, 5.41) is 12.1. The van der Waals surface area contributed by atoms with Gasteiger partial charge in [-0.2, -0.15) is 0 Å². The Morgan fingerprint density at radius 3 is 2.10 bits per heavy atom. The SMILES string of the molecule is COC(=O)[C@@H]1C/C=C/COc2ccc3ccccc3c2-c2c(ccc3ccccc23)OCC(=O)N[C@H](CCCCNC(=O)OC(C)(C)C)C(=O)N1.[2HH]. The standard InChI is InChI=1S/C40H45N3O8.H2/c1-40(2,3)51-39(47)41-23-11-9-17-30-37(45)43-31(38(46)48-4)18-10-12-24-49-32-21-19-26-13-5-7-15-28(26)35(32)36-29-16-8-6-14-27(29)20-22-33(36)50-25-34(44)42-30;/h5-8,10,12-16,19-22,30-31H,9,11,17-18,23-25H2,1-4H3,(H,41,47)(H,42,44)(H,43,45);1H/b12-10+;/t30-,31+;/m1./s1/i;1+1. The van der Waals surface area contributed by atoms with Gasteiger partial charge in [0.25, 0.3) is 5.91 Å². The number of hydrogen-bond donors (Lipinski definition) is 3. The summed E-state index contributed by atoms with van der Waals surface area (Å²) in [5.74, 6) is -0.592. The van der Waals surface area contributed by atoms with Gasteiger partial charge in [0.05, 0.1) is 7.11 Å². The molecule has 0 bridgehead atoms. The quantitative estimate of drug-likeness (QED) is 0.118. The van der Waals surface area contributed by atoms with Gasteiger partial charge in [0.2, 0.25) is 5.91 Å². The molecule has 1 aliphatic heterocycles. The molecule has 11 nitrogen and oxygen atoms in total. The first-order valence-corrected chi connectivity index (χ1v) is 17.1. The summed E-state index contributed by atoms with van der Waals surface area (Å²) in [7, 11) is 1.25. The van der Waals surface area contributed by atoms with Crippen LogP contribution in [0.3, 0.4) is 0 Å². The molecule has 0 spiro atoms. The van der Waals surface area contributed by atoms with Gasteiger partial charge in [-0.25, -0.2) is 9.59 Å². The number of methoxy groups -OCH3 is 1. The van der Waals surface area contributed by atoms with Crippen LogP contribution in [0.4, 0.5) is 4.79 Å². The maximum atomic E-state index is 13.6. The first-order chi connectivity index (χ1) is 24.5. The third-order valence-corrected chi connectivity index (χ3v) is 8.31. The molecular weight excluding hydrogens is 650 g/mol. The minimum Gasteiger partial charge on any atom is -0.489 e. The maximum Gasteiger partial charge on any atom is 0.407 e. The van der Waals surface area contributed by atoms with Crippen LogP contribution in [-0.2, 0) is 23.9 Å². The van der Waals surface area contributed by atoms with Crippen molar-refractivity contribution in [3.63, 3.8) is 0 Å². The molecule has 51 heavy (non-hydrogen) atoms. The molecule has 2 atom stereocenters. The molecule has 1 aliphatic rings. The molecule has 1 heterocycles. The number of benzene rings is 4. The van der Waals surface area contributed by atoms with Gasteiger partial charge in [0.1, 0.15) is 35.8 Å². The largest absolute Gasteiger partial charge is 0.489 e. The van der Waals surface area contributed by atoms with E-state index in [1.54, 1.807) is 32.9 Å². The van der Waals surface area contributed by atoms with Crippen LogP contribution in [-0.4, -0.2) is 68.4 Å². The smallest absolute Gasteiger partial charge is 0.407 e. The molecule has 0 fully saturated rings. The van der Waals surface area contributed by atoms with Crippen LogP contribution in [0.25, 0.3) is 32.7 Å². The Morgan fingerprint density at radius 1 is 0.843 bits per heavy atom. The first kappa shape index (κ1) is 36.7. The molecule has 0 aromatic heterocycles. The molecule has 3 N–H and O–H groups in total. The number of fused-ring (bicyclic) bond motifs is 7. The van der Waals surface area contributed by atoms with Gasteiger partial charge in [-0.3, -0.25) is 9.59 Å². The van der Waals surface area contributed by atoms with Crippen molar-refractivity contribution in [3.8, 4) is 22.6 Å². The first-order valence-electron chi connectivity index (χ1n) is 17.1. The van der Waals surface area contributed by atoms with Crippen LogP contribution in [0, 0.1) is 0 Å². The lowest BCUT2D eigenvalue weighted by Crippen LogP contribution is -2.52.